The molecule has 0 aliphatic rings. The number of aromatic nitrogens is 1. The van der Waals surface area contributed by atoms with Crippen molar-refractivity contribution in [3.05, 3.63) is 18.0 Å². The van der Waals surface area contributed by atoms with Gasteiger partial charge >= 0.3 is 5.97 Å². The topological polar surface area (TPSA) is 129 Å². The number of nitrogens with one attached hydrogen (secondary N) is 1. The Morgan fingerprint density at radius 2 is 2.05 bits per heavy atom. The van der Waals surface area contributed by atoms with Crippen LogP contribution in [0, 0.1) is 0 Å². The summed E-state index contributed by atoms with van der Waals surface area (Å²) in [5.74, 6) is -1.23. The van der Waals surface area contributed by atoms with Crippen molar-refractivity contribution in [3.63, 3.8) is 0 Å². The highest BCUT2D eigenvalue weighted by Gasteiger charge is 2.26. The summed E-state index contributed by atoms with van der Waals surface area (Å²) in [6.07, 6.45) is 1.23. The van der Waals surface area contributed by atoms with Crippen molar-refractivity contribution in [2.24, 2.45) is 0 Å². The van der Waals surface area contributed by atoms with E-state index in [0.717, 1.165) is 6.07 Å². The average Bonchev–Trinajstić information content (AvgIpc) is 2.83. The molecule has 1 atom stereocenters. The molecule has 0 fully saturated rings. The van der Waals surface area contributed by atoms with Gasteiger partial charge in [-0.15, -0.1) is 0 Å². The molecule has 0 radical (unpaired) electrons. The van der Waals surface area contributed by atoms with Gasteiger partial charge < -0.3 is 19.9 Å². The van der Waals surface area contributed by atoms with E-state index in [-0.39, 0.29) is 23.2 Å². The highest BCUT2D eigenvalue weighted by atomic mass is 32.2. The first kappa shape index (κ1) is 17.6. The van der Waals surface area contributed by atoms with Crippen LogP contribution in [-0.2, 0) is 10.0 Å². The summed E-state index contributed by atoms with van der Waals surface area (Å²) < 4.78 is 27.7. The fraction of sp³-hybridized carbons (Fsp3) is 0.583. The first-order valence-electron chi connectivity index (χ1n) is 6.28. The Labute approximate surface area is 123 Å². The van der Waals surface area contributed by atoms with Gasteiger partial charge in [-0.3, -0.25) is 0 Å². The number of carboxylic acid groups (broad SMARTS) is 1. The van der Waals surface area contributed by atoms with Crippen LogP contribution in [0.15, 0.2) is 17.2 Å². The Morgan fingerprint density at radius 1 is 1.48 bits per heavy atom. The lowest BCUT2D eigenvalue weighted by Gasteiger charge is -2.20. The van der Waals surface area contributed by atoms with Gasteiger partial charge in [0.25, 0.3) is 0 Å². The summed E-state index contributed by atoms with van der Waals surface area (Å²) in [5.41, 5.74) is -1.73. The summed E-state index contributed by atoms with van der Waals surface area (Å²) in [5, 5.41) is 27.6. The maximum absolute atomic E-state index is 12.1. The molecule has 9 heteroatoms. The van der Waals surface area contributed by atoms with Crippen molar-refractivity contribution in [1.82, 2.24) is 9.29 Å². The van der Waals surface area contributed by atoms with Crippen molar-refractivity contribution >= 4 is 16.0 Å². The van der Waals surface area contributed by atoms with E-state index in [9.17, 15) is 18.3 Å². The minimum absolute atomic E-state index is 0.140. The normalized spacial score (nSPS) is 15.1. The molecule has 120 valence electrons. The molecule has 1 aromatic rings. The summed E-state index contributed by atoms with van der Waals surface area (Å²) >= 11 is 0. The molecule has 21 heavy (non-hydrogen) atoms. The van der Waals surface area contributed by atoms with Gasteiger partial charge in [0.2, 0.25) is 10.0 Å². The number of aromatic carboxylic acids is 1. The highest BCUT2D eigenvalue weighted by Crippen LogP contribution is 2.19. The number of carboxylic acids is 1. The Kier molecular flexibility index (Phi) is 5.16. The summed E-state index contributed by atoms with van der Waals surface area (Å²) in [6, 6.07) is 0.832. The molecule has 0 saturated heterocycles. The lowest BCUT2D eigenvalue weighted by Crippen LogP contribution is -2.43. The van der Waals surface area contributed by atoms with E-state index in [1.165, 1.54) is 17.7 Å². The van der Waals surface area contributed by atoms with E-state index in [4.69, 9.17) is 10.2 Å². The minimum Gasteiger partial charge on any atom is -0.477 e. The van der Waals surface area contributed by atoms with E-state index in [1.54, 1.807) is 13.8 Å². The first-order valence-corrected chi connectivity index (χ1v) is 7.76. The predicted molar refractivity (Wildman–Crippen MR) is 74.7 cm³/mol. The molecular formula is C12H20N2O6S. The second-order valence-corrected chi connectivity index (χ2v) is 7.11. The van der Waals surface area contributed by atoms with Crippen molar-refractivity contribution in [2.75, 3.05) is 13.2 Å². The van der Waals surface area contributed by atoms with Crippen molar-refractivity contribution in [1.29, 1.82) is 0 Å². The molecule has 1 heterocycles. The molecule has 0 aromatic carbocycles. The number of nitrogens with zero attached hydrogens (tertiary/aromatic N) is 1. The minimum atomic E-state index is -3.98. The summed E-state index contributed by atoms with van der Waals surface area (Å²) in [7, 11) is -3.98. The van der Waals surface area contributed by atoms with Gasteiger partial charge in [0.1, 0.15) is 10.6 Å². The number of hydrogen-bond donors (Lipinski definition) is 4. The maximum Gasteiger partial charge on any atom is 0.352 e. The average molecular weight is 320 g/mol. The van der Waals surface area contributed by atoms with Crippen molar-refractivity contribution in [2.45, 2.75) is 37.3 Å². The molecule has 1 aromatic heterocycles. The third-order valence-corrected chi connectivity index (χ3v) is 4.26. The monoisotopic (exact) mass is 320 g/mol. The van der Waals surface area contributed by atoms with Crippen LogP contribution in [0.25, 0.3) is 0 Å². The van der Waals surface area contributed by atoms with Gasteiger partial charge in [-0.05, 0) is 26.8 Å². The van der Waals surface area contributed by atoms with E-state index in [1.807, 2.05) is 0 Å². The quantitative estimate of drug-likeness (QED) is 0.550. The molecule has 0 spiro atoms. The van der Waals surface area contributed by atoms with Crippen molar-refractivity contribution in [3.8, 4) is 0 Å². The molecule has 0 amide bonds. The molecule has 8 nitrogen and oxygen atoms in total. The third kappa shape index (κ3) is 4.27. The summed E-state index contributed by atoms with van der Waals surface area (Å²) in [4.78, 5) is 10.9. The Hall–Kier alpha value is -1.42. The maximum atomic E-state index is 12.1. The van der Waals surface area contributed by atoms with Crippen LogP contribution in [-0.4, -0.2) is 53.0 Å². The molecule has 0 aliphatic carbocycles. The van der Waals surface area contributed by atoms with Crippen molar-refractivity contribution < 1.29 is 28.5 Å². The largest absolute Gasteiger partial charge is 0.477 e. The van der Waals surface area contributed by atoms with Gasteiger partial charge in [-0.1, -0.05) is 0 Å². The van der Waals surface area contributed by atoms with Crippen LogP contribution in [0.3, 0.4) is 0 Å². The van der Waals surface area contributed by atoms with Crippen LogP contribution in [0.5, 0.6) is 0 Å². The zero-order chi connectivity index (χ0) is 16.4. The smallest absolute Gasteiger partial charge is 0.352 e. The van der Waals surface area contributed by atoms with Crippen LogP contribution < -0.4 is 4.72 Å². The van der Waals surface area contributed by atoms with E-state index >= 15 is 0 Å². The second-order valence-electron chi connectivity index (χ2n) is 5.35. The first-order chi connectivity index (χ1) is 9.50. The lowest BCUT2D eigenvalue weighted by molar-refractivity contribution is 0.00681. The zero-order valence-corrected chi connectivity index (χ0v) is 12.9. The van der Waals surface area contributed by atoms with E-state index in [0.29, 0.717) is 0 Å². The number of hydrogen-bond acceptors (Lipinski definition) is 5. The van der Waals surface area contributed by atoms with E-state index < -0.39 is 28.2 Å². The van der Waals surface area contributed by atoms with E-state index in [2.05, 4.69) is 4.72 Å². The van der Waals surface area contributed by atoms with Gasteiger partial charge in [0.15, 0.2) is 0 Å². The number of rotatable bonds is 7. The van der Waals surface area contributed by atoms with Crippen LogP contribution in [0.1, 0.15) is 37.3 Å². The van der Waals surface area contributed by atoms with Gasteiger partial charge in [0, 0.05) is 18.8 Å². The lowest BCUT2D eigenvalue weighted by atomic mass is 10.1. The SMILES string of the molecule is CC(C)n1cc(S(=O)(=O)NCC(C)(O)CO)cc1C(=O)O. The van der Waals surface area contributed by atoms with Gasteiger partial charge in [-0.25, -0.2) is 17.9 Å². The Bertz CT molecular complexity index is 618. The predicted octanol–water partition coefficient (Wildman–Crippen LogP) is -0.211. The van der Waals surface area contributed by atoms with Gasteiger partial charge in [-0.2, -0.15) is 0 Å². The third-order valence-electron chi connectivity index (χ3n) is 2.89. The molecule has 0 bridgehead atoms. The molecule has 4 N–H and O–H groups in total. The molecule has 0 aliphatic heterocycles. The van der Waals surface area contributed by atoms with Crippen LogP contribution in [0.4, 0.5) is 0 Å². The fourth-order valence-corrected chi connectivity index (χ4v) is 2.78. The molecular weight excluding hydrogens is 300 g/mol. The number of carbonyl (C=O) groups is 1. The number of aliphatic hydroxyl groups is 2. The zero-order valence-electron chi connectivity index (χ0n) is 12.1. The van der Waals surface area contributed by atoms with Crippen LogP contribution in [0.2, 0.25) is 0 Å². The van der Waals surface area contributed by atoms with Crippen LogP contribution >= 0.6 is 0 Å². The van der Waals surface area contributed by atoms with Gasteiger partial charge in [0.05, 0.1) is 12.2 Å². The number of sulfonamides is 1. The molecule has 1 rings (SSSR count). The highest BCUT2D eigenvalue weighted by molar-refractivity contribution is 7.89. The summed E-state index contributed by atoms with van der Waals surface area (Å²) in [6.45, 7) is 3.74. The molecule has 0 saturated carbocycles. The Balaban J connectivity index is 3.10. The number of aliphatic hydroxyl groups excluding tert-OH is 1. The Morgan fingerprint density at radius 3 is 2.43 bits per heavy atom. The standard InChI is InChI=1S/C12H20N2O6S/c1-8(2)14-5-9(4-10(14)11(16)17)21(19,20)13-6-12(3,18)7-15/h4-5,8,13,15,18H,6-7H2,1-3H3,(H,16,17). The second kappa shape index (κ2) is 6.14. The fourth-order valence-electron chi connectivity index (χ4n) is 1.59. The molecule has 1 unspecified atom stereocenters.